The van der Waals surface area contributed by atoms with Crippen LogP contribution in [0.15, 0.2) is 27.4 Å². The second-order valence-corrected chi connectivity index (χ2v) is 7.66. The van der Waals surface area contributed by atoms with Gasteiger partial charge in [-0.05, 0) is 31.9 Å². The summed E-state index contributed by atoms with van der Waals surface area (Å²) in [5.74, 6) is -1.57. The summed E-state index contributed by atoms with van der Waals surface area (Å²) in [5, 5.41) is 13.9. The van der Waals surface area contributed by atoms with E-state index >= 15 is 0 Å². The molecule has 0 saturated carbocycles. The molecule has 3 rings (SSSR count). The molecule has 0 radical (unpaired) electrons. The van der Waals surface area contributed by atoms with E-state index in [0.29, 0.717) is 22.5 Å². The van der Waals surface area contributed by atoms with Gasteiger partial charge >= 0.3 is 5.76 Å². The molecule has 2 amide bonds. The van der Waals surface area contributed by atoms with Crippen molar-refractivity contribution in [2.75, 3.05) is 5.32 Å². The second kappa shape index (κ2) is 7.87. The van der Waals surface area contributed by atoms with Crippen molar-refractivity contribution in [2.24, 2.45) is 5.73 Å². The molecule has 0 spiro atoms. The number of fused-ring (bicyclic) bond motifs is 1. The lowest BCUT2D eigenvalue weighted by atomic mass is 10.1. The number of carbonyl (C=O) groups is 2. The molecule has 0 atom stereocenters. The molecule has 0 fully saturated rings. The van der Waals surface area contributed by atoms with Crippen LogP contribution in [0, 0.1) is 24.0 Å². The molecule has 0 saturated heterocycles. The van der Waals surface area contributed by atoms with E-state index in [9.17, 15) is 24.5 Å². The van der Waals surface area contributed by atoms with Crippen molar-refractivity contribution in [3.63, 3.8) is 0 Å². The number of oxazole rings is 1. The largest absolute Gasteiger partial charge is 0.419 e. The molecule has 0 aliphatic heterocycles. The average Bonchev–Trinajstić information content (AvgIpc) is 3.10. The first-order chi connectivity index (χ1) is 13.7. The number of nitro groups is 1. The lowest BCUT2D eigenvalue weighted by Crippen LogP contribution is -2.19. The topological polar surface area (TPSA) is 150 Å². The van der Waals surface area contributed by atoms with Gasteiger partial charge in [-0.1, -0.05) is 0 Å². The van der Waals surface area contributed by atoms with Crippen molar-refractivity contribution in [3.8, 4) is 0 Å². The van der Waals surface area contributed by atoms with Crippen LogP contribution in [0.2, 0.25) is 0 Å². The minimum absolute atomic E-state index is 0.0975. The summed E-state index contributed by atoms with van der Waals surface area (Å²) in [6.07, 6.45) is 0.424. The maximum absolute atomic E-state index is 12.3. The number of nitrogens with one attached hydrogen (secondary N) is 1. The van der Waals surface area contributed by atoms with Crippen LogP contribution in [0.5, 0.6) is 0 Å². The molecule has 1 aromatic carbocycles. The van der Waals surface area contributed by atoms with E-state index < -0.39 is 16.6 Å². The Labute approximate surface area is 168 Å². The zero-order chi connectivity index (χ0) is 21.3. The van der Waals surface area contributed by atoms with Crippen LogP contribution in [-0.4, -0.2) is 21.3 Å². The number of benzene rings is 1. The van der Waals surface area contributed by atoms with Crippen molar-refractivity contribution >= 4 is 44.9 Å². The molecule has 2 heterocycles. The Bertz CT molecular complexity index is 1190. The molecule has 152 valence electrons. The molecule has 3 aromatic rings. The summed E-state index contributed by atoms with van der Waals surface area (Å²) >= 11 is 1.28. The van der Waals surface area contributed by atoms with Gasteiger partial charge < -0.3 is 15.5 Å². The summed E-state index contributed by atoms with van der Waals surface area (Å²) < 4.78 is 6.37. The summed E-state index contributed by atoms with van der Waals surface area (Å²) in [6.45, 7) is 3.80. The van der Waals surface area contributed by atoms with Crippen LogP contribution in [0.25, 0.3) is 11.1 Å². The number of hydrogen-bond donors (Lipinski definition) is 2. The number of primary amides is 1. The van der Waals surface area contributed by atoms with Crippen molar-refractivity contribution in [1.29, 1.82) is 0 Å². The van der Waals surface area contributed by atoms with Crippen molar-refractivity contribution < 1.29 is 18.9 Å². The van der Waals surface area contributed by atoms with Crippen molar-refractivity contribution in [2.45, 2.75) is 33.2 Å². The number of non-ortho nitro benzene ring substituents is 1. The molecule has 0 aliphatic carbocycles. The lowest BCUT2D eigenvalue weighted by molar-refractivity contribution is -0.384. The number of aromatic nitrogens is 1. The minimum Gasteiger partial charge on any atom is -0.407 e. The van der Waals surface area contributed by atoms with Gasteiger partial charge in [-0.2, -0.15) is 0 Å². The van der Waals surface area contributed by atoms with Crippen LogP contribution in [-0.2, 0) is 11.3 Å². The predicted molar refractivity (Wildman–Crippen MR) is 107 cm³/mol. The third-order valence-corrected chi connectivity index (χ3v) is 5.66. The Morgan fingerprint density at radius 2 is 2.07 bits per heavy atom. The van der Waals surface area contributed by atoms with Crippen molar-refractivity contribution in [1.82, 2.24) is 4.57 Å². The molecule has 0 bridgehead atoms. The number of amides is 2. The highest BCUT2D eigenvalue weighted by Crippen LogP contribution is 2.32. The smallest absolute Gasteiger partial charge is 0.407 e. The van der Waals surface area contributed by atoms with Gasteiger partial charge in [0.25, 0.3) is 11.6 Å². The normalized spacial score (nSPS) is 11.0. The standard InChI is InChI=1S/C18H18N4O6S/c1-9-10(2)29-17(15(9)16(19)24)20-14(23)4-3-7-21-12-6-5-11(22(26)27)8-13(12)28-18(21)25/h5-6,8H,3-4,7H2,1-2H3,(H2,19,24)(H,20,23). The van der Waals surface area contributed by atoms with Crippen LogP contribution < -0.4 is 16.8 Å². The molecule has 0 unspecified atom stereocenters. The monoisotopic (exact) mass is 418 g/mol. The molecular weight excluding hydrogens is 400 g/mol. The number of nitrogens with two attached hydrogens (primary N) is 1. The molecule has 10 nitrogen and oxygen atoms in total. The van der Waals surface area contributed by atoms with Crippen LogP contribution in [0.3, 0.4) is 0 Å². The Morgan fingerprint density at radius 1 is 1.34 bits per heavy atom. The summed E-state index contributed by atoms with van der Waals surface area (Å²) in [6, 6.07) is 3.91. The quantitative estimate of drug-likeness (QED) is 0.445. The van der Waals surface area contributed by atoms with Gasteiger partial charge in [-0.3, -0.25) is 24.3 Å². The molecule has 3 N–H and O–H groups in total. The van der Waals surface area contributed by atoms with Gasteiger partial charge in [-0.25, -0.2) is 4.79 Å². The fourth-order valence-electron chi connectivity index (χ4n) is 2.98. The first-order valence-corrected chi connectivity index (χ1v) is 9.48. The van der Waals surface area contributed by atoms with E-state index in [1.54, 1.807) is 6.92 Å². The number of nitrogens with zero attached hydrogens (tertiary/aromatic N) is 2. The third kappa shape index (κ3) is 4.04. The average molecular weight is 418 g/mol. The Morgan fingerprint density at radius 3 is 2.72 bits per heavy atom. The number of anilines is 1. The molecule has 0 aliphatic rings. The minimum atomic E-state index is -0.651. The van der Waals surface area contributed by atoms with Gasteiger partial charge in [0.1, 0.15) is 5.00 Å². The fourth-order valence-corrected chi connectivity index (χ4v) is 4.06. The van der Waals surface area contributed by atoms with E-state index in [1.165, 1.54) is 34.1 Å². The van der Waals surface area contributed by atoms with Gasteiger partial charge in [0.2, 0.25) is 5.91 Å². The van der Waals surface area contributed by atoms with Crippen LogP contribution >= 0.6 is 11.3 Å². The van der Waals surface area contributed by atoms with Gasteiger partial charge in [0.05, 0.1) is 22.1 Å². The van der Waals surface area contributed by atoms with Gasteiger partial charge in [-0.15, -0.1) is 11.3 Å². The van der Waals surface area contributed by atoms with E-state index in [2.05, 4.69) is 5.32 Å². The van der Waals surface area contributed by atoms with Crippen LogP contribution in [0.4, 0.5) is 10.7 Å². The van der Waals surface area contributed by atoms with Gasteiger partial charge in [0, 0.05) is 23.9 Å². The number of carbonyl (C=O) groups excluding carboxylic acids is 2. The Hall–Kier alpha value is -3.47. The molecule has 2 aromatic heterocycles. The van der Waals surface area contributed by atoms with Crippen molar-refractivity contribution in [3.05, 3.63) is 54.9 Å². The van der Waals surface area contributed by atoms with E-state index in [-0.39, 0.29) is 30.1 Å². The first-order valence-electron chi connectivity index (χ1n) is 8.66. The first kappa shape index (κ1) is 20.3. The summed E-state index contributed by atoms with van der Waals surface area (Å²) in [5.41, 5.74) is 6.79. The lowest BCUT2D eigenvalue weighted by Gasteiger charge is -2.06. The number of rotatable bonds is 7. The third-order valence-electron chi connectivity index (χ3n) is 4.53. The van der Waals surface area contributed by atoms with E-state index in [4.69, 9.17) is 10.2 Å². The van der Waals surface area contributed by atoms with E-state index in [0.717, 1.165) is 10.4 Å². The highest BCUT2D eigenvalue weighted by molar-refractivity contribution is 7.16. The molecule has 11 heteroatoms. The highest BCUT2D eigenvalue weighted by atomic mass is 32.1. The fraction of sp³-hybridized carbons (Fsp3) is 0.278. The zero-order valence-corrected chi connectivity index (χ0v) is 16.5. The number of thiophene rings is 1. The zero-order valence-electron chi connectivity index (χ0n) is 15.7. The van der Waals surface area contributed by atoms with Crippen LogP contribution in [0.1, 0.15) is 33.6 Å². The Balaban J connectivity index is 1.68. The maximum atomic E-state index is 12.3. The second-order valence-electron chi connectivity index (χ2n) is 6.43. The SMILES string of the molecule is Cc1sc(NC(=O)CCCn2c(=O)oc3cc([N+](=O)[O-])ccc32)c(C(N)=O)c1C. The summed E-state index contributed by atoms with van der Waals surface area (Å²) in [7, 11) is 0. The van der Waals surface area contributed by atoms with E-state index in [1.807, 2.05) is 6.92 Å². The number of aryl methyl sites for hydroxylation is 2. The Kier molecular flexibility index (Phi) is 5.50. The highest BCUT2D eigenvalue weighted by Gasteiger charge is 2.19. The molecular formula is C18H18N4O6S. The number of nitro benzene ring substituents is 1. The van der Waals surface area contributed by atoms with Gasteiger partial charge in [0.15, 0.2) is 5.58 Å². The maximum Gasteiger partial charge on any atom is 0.419 e. The predicted octanol–water partition coefficient (Wildman–Crippen LogP) is 2.70. The number of hydrogen-bond acceptors (Lipinski definition) is 7. The summed E-state index contributed by atoms with van der Waals surface area (Å²) in [4.78, 5) is 47.0. The molecule has 29 heavy (non-hydrogen) atoms.